The van der Waals surface area contributed by atoms with Gasteiger partial charge in [-0.3, -0.25) is 4.90 Å². The molecule has 4 heteroatoms. The number of hydrogen-bond acceptors (Lipinski definition) is 4. The first-order valence-corrected chi connectivity index (χ1v) is 9.10. The average molecular weight is 315 g/mol. The maximum absolute atomic E-state index is 4.74. The number of thiazole rings is 1. The van der Waals surface area contributed by atoms with Crippen LogP contribution in [0, 0.1) is 6.92 Å². The molecule has 0 atom stereocenters. The third-order valence-electron chi connectivity index (χ3n) is 4.22. The molecule has 3 rings (SSSR count). The predicted octanol–water partition coefficient (Wildman–Crippen LogP) is 3.73. The van der Waals surface area contributed by atoms with Crippen LogP contribution in [-0.2, 0) is 13.0 Å². The topological polar surface area (TPSA) is 19.4 Å². The second-order valence-corrected chi connectivity index (χ2v) is 7.02. The Bertz CT molecular complexity index is 583. The number of aromatic nitrogens is 1. The molecule has 0 bridgehead atoms. The third kappa shape index (κ3) is 3.87. The van der Waals surface area contributed by atoms with Crippen LogP contribution in [0.3, 0.4) is 0 Å². The van der Waals surface area contributed by atoms with Crippen molar-refractivity contribution >= 4 is 17.0 Å². The molecule has 0 spiro atoms. The van der Waals surface area contributed by atoms with Crippen LogP contribution >= 0.6 is 11.3 Å². The van der Waals surface area contributed by atoms with Gasteiger partial charge in [-0.15, -0.1) is 11.3 Å². The molecule has 118 valence electrons. The summed E-state index contributed by atoms with van der Waals surface area (Å²) >= 11 is 1.81. The summed E-state index contributed by atoms with van der Waals surface area (Å²) in [5.74, 6) is 0. The molecule has 0 radical (unpaired) electrons. The standard InChI is InChI=1S/C18H25N3S/c1-3-4-18-19-16(14-22-18)13-20-9-11-21(12-10-20)17-7-5-15(2)6-8-17/h5-8,14H,3-4,9-13H2,1-2H3. The molecule has 1 fully saturated rings. The Hall–Kier alpha value is -1.39. The molecule has 1 aromatic heterocycles. The number of anilines is 1. The SMILES string of the molecule is CCCc1nc(CN2CCN(c3ccc(C)cc3)CC2)cs1. The molecule has 2 aromatic rings. The van der Waals surface area contributed by atoms with Gasteiger partial charge in [0.2, 0.25) is 0 Å². The highest BCUT2D eigenvalue weighted by Gasteiger charge is 2.18. The number of aryl methyl sites for hydroxylation is 2. The summed E-state index contributed by atoms with van der Waals surface area (Å²) in [7, 11) is 0. The van der Waals surface area contributed by atoms with Crippen molar-refractivity contribution in [2.45, 2.75) is 33.2 Å². The molecule has 1 saturated heterocycles. The molecule has 0 N–H and O–H groups in total. The predicted molar refractivity (Wildman–Crippen MR) is 94.8 cm³/mol. The number of rotatable bonds is 5. The van der Waals surface area contributed by atoms with E-state index in [9.17, 15) is 0 Å². The number of piperazine rings is 1. The zero-order valence-corrected chi connectivity index (χ0v) is 14.4. The summed E-state index contributed by atoms with van der Waals surface area (Å²) in [4.78, 5) is 9.75. The van der Waals surface area contributed by atoms with E-state index in [4.69, 9.17) is 4.98 Å². The van der Waals surface area contributed by atoms with Crippen LogP contribution in [0.2, 0.25) is 0 Å². The number of nitrogens with zero attached hydrogens (tertiary/aromatic N) is 3. The van der Waals surface area contributed by atoms with Gasteiger partial charge in [-0.25, -0.2) is 4.98 Å². The quantitative estimate of drug-likeness (QED) is 0.838. The van der Waals surface area contributed by atoms with Gasteiger partial charge >= 0.3 is 0 Å². The van der Waals surface area contributed by atoms with E-state index in [1.807, 2.05) is 11.3 Å². The van der Waals surface area contributed by atoms with Gasteiger partial charge in [0.15, 0.2) is 0 Å². The lowest BCUT2D eigenvalue weighted by Gasteiger charge is -2.35. The lowest BCUT2D eigenvalue weighted by molar-refractivity contribution is 0.247. The van der Waals surface area contributed by atoms with Crippen molar-refractivity contribution in [1.82, 2.24) is 9.88 Å². The van der Waals surface area contributed by atoms with Gasteiger partial charge in [-0.1, -0.05) is 24.6 Å². The Labute approximate surface area is 137 Å². The van der Waals surface area contributed by atoms with Crippen LogP contribution in [0.1, 0.15) is 29.6 Å². The summed E-state index contributed by atoms with van der Waals surface area (Å²) in [6.45, 7) is 9.81. The van der Waals surface area contributed by atoms with Crippen LogP contribution < -0.4 is 4.90 Å². The van der Waals surface area contributed by atoms with Gasteiger partial charge in [0.05, 0.1) is 10.7 Å². The van der Waals surface area contributed by atoms with Crippen molar-refractivity contribution in [1.29, 1.82) is 0 Å². The maximum Gasteiger partial charge on any atom is 0.0928 e. The lowest BCUT2D eigenvalue weighted by Crippen LogP contribution is -2.46. The minimum atomic E-state index is 1.00. The largest absolute Gasteiger partial charge is 0.369 e. The first-order chi connectivity index (χ1) is 10.7. The molecule has 0 unspecified atom stereocenters. The molecular weight excluding hydrogens is 290 g/mol. The molecule has 0 amide bonds. The normalized spacial score (nSPS) is 16.2. The Balaban J connectivity index is 1.51. The van der Waals surface area contributed by atoms with Crippen LogP contribution in [0.5, 0.6) is 0 Å². The number of hydrogen-bond donors (Lipinski definition) is 0. The highest BCUT2D eigenvalue weighted by atomic mass is 32.1. The van der Waals surface area contributed by atoms with Gasteiger partial charge in [0.1, 0.15) is 0 Å². The molecule has 1 aliphatic heterocycles. The molecule has 1 aromatic carbocycles. The minimum absolute atomic E-state index is 1.00. The molecular formula is C18H25N3S. The van der Waals surface area contributed by atoms with E-state index in [1.165, 1.54) is 28.4 Å². The van der Waals surface area contributed by atoms with Crippen LogP contribution in [0.25, 0.3) is 0 Å². The van der Waals surface area contributed by atoms with Crippen molar-refractivity contribution < 1.29 is 0 Å². The van der Waals surface area contributed by atoms with E-state index in [1.54, 1.807) is 0 Å². The number of benzene rings is 1. The van der Waals surface area contributed by atoms with Crippen molar-refractivity contribution in [3.63, 3.8) is 0 Å². The monoisotopic (exact) mass is 315 g/mol. The minimum Gasteiger partial charge on any atom is -0.369 e. The van der Waals surface area contributed by atoms with E-state index in [2.05, 4.69) is 53.3 Å². The van der Waals surface area contributed by atoms with Crippen LogP contribution in [0.4, 0.5) is 5.69 Å². The Morgan fingerprint density at radius 3 is 2.50 bits per heavy atom. The summed E-state index contributed by atoms with van der Waals surface area (Å²) in [6, 6.07) is 8.88. The van der Waals surface area contributed by atoms with Crippen molar-refractivity contribution in [2.75, 3.05) is 31.1 Å². The fraction of sp³-hybridized carbons (Fsp3) is 0.500. The molecule has 22 heavy (non-hydrogen) atoms. The molecule has 0 saturated carbocycles. The molecule has 3 nitrogen and oxygen atoms in total. The van der Waals surface area contributed by atoms with Crippen LogP contribution in [0.15, 0.2) is 29.6 Å². The zero-order chi connectivity index (χ0) is 15.4. The van der Waals surface area contributed by atoms with Crippen LogP contribution in [-0.4, -0.2) is 36.1 Å². The van der Waals surface area contributed by atoms with Gasteiger partial charge in [-0.05, 0) is 31.9 Å². The van der Waals surface area contributed by atoms with Gasteiger partial charge in [-0.2, -0.15) is 0 Å². The average Bonchev–Trinajstić information content (AvgIpc) is 2.97. The fourth-order valence-electron chi connectivity index (χ4n) is 2.90. The molecule has 1 aliphatic rings. The van der Waals surface area contributed by atoms with E-state index in [-0.39, 0.29) is 0 Å². The fourth-order valence-corrected chi connectivity index (χ4v) is 3.79. The second-order valence-electron chi connectivity index (χ2n) is 6.08. The Morgan fingerprint density at radius 1 is 1.09 bits per heavy atom. The Kier molecular flexibility index (Phi) is 5.11. The third-order valence-corrected chi connectivity index (χ3v) is 5.18. The van der Waals surface area contributed by atoms with Crippen molar-refractivity contribution in [3.8, 4) is 0 Å². The zero-order valence-electron chi connectivity index (χ0n) is 13.6. The highest BCUT2D eigenvalue weighted by molar-refractivity contribution is 7.09. The smallest absolute Gasteiger partial charge is 0.0928 e. The van der Waals surface area contributed by atoms with Gasteiger partial charge < -0.3 is 4.90 Å². The second kappa shape index (κ2) is 7.25. The first-order valence-electron chi connectivity index (χ1n) is 8.22. The Morgan fingerprint density at radius 2 is 1.82 bits per heavy atom. The molecule has 0 aliphatic carbocycles. The lowest BCUT2D eigenvalue weighted by atomic mass is 10.2. The van der Waals surface area contributed by atoms with Crippen molar-refractivity contribution in [3.05, 3.63) is 45.9 Å². The summed E-state index contributed by atoms with van der Waals surface area (Å²) < 4.78 is 0. The summed E-state index contributed by atoms with van der Waals surface area (Å²) in [5, 5.41) is 3.52. The summed E-state index contributed by atoms with van der Waals surface area (Å²) in [5.41, 5.74) is 3.93. The van der Waals surface area contributed by atoms with Gasteiger partial charge in [0.25, 0.3) is 0 Å². The molecule has 2 heterocycles. The van der Waals surface area contributed by atoms with E-state index in [0.29, 0.717) is 0 Å². The highest BCUT2D eigenvalue weighted by Crippen LogP contribution is 2.19. The summed E-state index contributed by atoms with van der Waals surface area (Å²) in [6.07, 6.45) is 2.30. The maximum atomic E-state index is 4.74. The van der Waals surface area contributed by atoms with E-state index < -0.39 is 0 Å². The van der Waals surface area contributed by atoms with Gasteiger partial charge in [0, 0.05) is 43.8 Å². The van der Waals surface area contributed by atoms with E-state index >= 15 is 0 Å². The van der Waals surface area contributed by atoms with E-state index in [0.717, 1.165) is 39.1 Å². The first kappa shape index (κ1) is 15.5. The van der Waals surface area contributed by atoms with Crippen molar-refractivity contribution in [2.24, 2.45) is 0 Å².